The van der Waals surface area contributed by atoms with E-state index in [2.05, 4.69) is 41.8 Å². The number of carbonyl (C=O) groups excluding carboxylic acids is 5. The first kappa shape index (κ1) is 44.8. The van der Waals surface area contributed by atoms with Crippen LogP contribution in [0.25, 0.3) is 0 Å². The third kappa shape index (κ3) is 9.64. The second-order valence-electron chi connectivity index (χ2n) is 17.0. The van der Waals surface area contributed by atoms with Crippen LogP contribution in [-0.2, 0) is 25.4 Å². The number of anilines is 5. The molecular weight excluding hydrogens is 857 g/mol. The van der Waals surface area contributed by atoms with Gasteiger partial charge in [0, 0.05) is 75.2 Å². The number of hydrogen-bond acceptors (Lipinski definition) is 13. The van der Waals surface area contributed by atoms with Crippen LogP contribution in [0.5, 0.6) is 5.75 Å². The zero-order chi connectivity index (χ0) is 45.1. The summed E-state index contributed by atoms with van der Waals surface area (Å²) >= 11 is 6.48. The smallest absolute Gasteiger partial charge is 0.262 e. The number of hydrogen-bond donors (Lipinski definition) is 3. The van der Waals surface area contributed by atoms with Gasteiger partial charge in [-0.1, -0.05) is 35.9 Å². The van der Waals surface area contributed by atoms with E-state index < -0.39 is 36.8 Å². The molecule has 5 heterocycles. The standard InChI is InChI=1S/C46H53ClN9O7P/c1-63-37-27-31(15-16-34(37)50-46-48-28-33(47)42(52-46)49-35-12-5-6-13-38(35)64(2,3)62)53-21-19-30(20-22-53)54-23-25-55(26-24-54)40(58)14-7-4-9-29-10-8-11-32-41(29)45(61)56(44(32)60)36-17-18-39(57)51-43(36)59/h5-6,8,10-13,15-16,27-28,30,36H,4,7,9,14,17-26H2,1-3H3,(H,51,57,59)(H2,48,49,50,52). The fourth-order valence-electron chi connectivity index (χ4n) is 9.16. The van der Waals surface area contributed by atoms with Gasteiger partial charge >= 0.3 is 0 Å². The highest BCUT2D eigenvalue weighted by molar-refractivity contribution is 7.70. The Morgan fingerprint density at radius 3 is 2.39 bits per heavy atom. The maximum absolute atomic E-state index is 13.4. The Morgan fingerprint density at radius 1 is 0.891 bits per heavy atom. The number of para-hydroxylation sites is 1. The number of piperazine rings is 1. The van der Waals surface area contributed by atoms with Crippen LogP contribution in [0.15, 0.2) is 66.9 Å². The average Bonchev–Trinajstić information content (AvgIpc) is 3.55. The predicted molar refractivity (Wildman–Crippen MR) is 246 cm³/mol. The van der Waals surface area contributed by atoms with E-state index in [1.54, 1.807) is 32.6 Å². The molecule has 16 nitrogen and oxygen atoms in total. The van der Waals surface area contributed by atoms with Crippen molar-refractivity contribution in [3.63, 3.8) is 0 Å². The summed E-state index contributed by atoms with van der Waals surface area (Å²) in [7, 11) is -0.934. The van der Waals surface area contributed by atoms with Crippen molar-refractivity contribution in [3.05, 3.63) is 88.6 Å². The number of amides is 5. The molecule has 64 heavy (non-hydrogen) atoms. The number of rotatable bonds is 14. The first-order valence-electron chi connectivity index (χ1n) is 21.8. The van der Waals surface area contributed by atoms with Crippen LogP contribution >= 0.6 is 18.7 Å². The molecule has 0 radical (unpaired) electrons. The number of imide groups is 2. The Morgan fingerprint density at radius 2 is 1.66 bits per heavy atom. The number of unbranched alkanes of at least 4 members (excludes halogenated alkanes) is 1. The van der Waals surface area contributed by atoms with Crippen molar-refractivity contribution in [2.24, 2.45) is 0 Å². The minimum absolute atomic E-state index is 0.0693. The summed E-state index contributed by atoms with van der Waals surface area (Å²) in [4.78, 5) is 80.8. The number of ether oxygens (including phenoxy) is 1. The number of benzene rings is 3. The molecule has 1 atom stereocenters. The highest BCUT2D eigenvalue weighted by atomic mass is 35.5. The van der Waals surface area contributed by atoms with Gasteiger partial charge in [-0.25, -0.2) is 4.98 Å². The number of nitrogens with one attached hydrogen (secondary N) is 3. The van der Waals surface area contributed by atoms with Gasteiger partial charge in [0.15, 0.2) is 5.82 Å². The maximum Gasteiger partial charge on any atom is 0.262 e. The van der Waals surface area contributed by atoms with E-state index in [-0.39, 0.29) is 24.3 Å². The summed E-state index contributed by atoms with van der Waals surface area (Å²) < 4.78 is 18.7. The Kier molecular flexibility index (Phi) is 13.4. The monoisotopic (exact) mass is 909 g/mol. The molecule has 0 aliphatic carbocycles. The molecule has 3 fully saturated rings. The van der Waals surface area contributed by atoms with Crippen molar-refractivity contribution in [3.8, 4) is 5.75 Å². The topological polar surface area (TPSA) is 186 Å². The molecule has 8 rings (SSSR count). The lowest BCUT2D eigenvalue weighted by Gasteiger charge is -2.43. The molecule has 0 saturated carbocycles. The van der Waals surface area contributed by atoms with Gasteiger partial charge in [0.05, 0.1) is 35.8 Å². The largest absolute Gasteiger partial charge is 0.494 e. The molecule has 3 aromatic carbocycles. The van der Waals surface area contributed by atoms with Crippen LogP contribution in [-0.4, -0.2) is 126 Å². The number of halogens is 1. The van der Waals surface area contributed by atoms with E-state index >= 15 is 0 Å². The zero-order valence-corrected chi connectivity index (χ0v) is 37.9. The molecule has 3 saturated heterocycles. The van der Waals surface area contributed by atoms with Crippen molar-refractivity contribution in [1.82, 2.24) is 30.0 Å². The Hall–Kier alpha value is -5.83. The maximum atomic E-state index is 13.4. The number of carbonyl (C=O) groups is 5. The minimum Gasteiger partial charge on any atom is -0.494 e. The molecule has 4 aromatic rings. The van der Waals surface area contributed by atoms with E-state index in [9.17, 15) is 28.5 Å². The van der Waals surface area contributed by atoms with Crippen molar-refractivity contribution in [1.29, 1.82) is 0 Å². The normalized spacial score (nSPS) is 18.6. The number of methoxy groups -OCH3 is 1. The minimum atomic E-state index is -2.56. The molecule has 1 aromatic heterocycles. The van der Waals surface area contributed by atoms with Crippen molar-refractivity contribution >= 4 is 82.4 Å². The van der Waals surface area contributed by atoms with Gasteiger partial charge < -0.3 is 29.7 Å². The van der Waals surface area contributed by atoms with E-state index in [0.29, 0.717) is 89.6 Å². The molecule has 5 amide bonds. The van der Waals surface area contributed by atoms with E-state index in [0.717, 1.165) is 55.2 Å². The Bertz CT molecular complexity index is 2520. The number of piperidine rings is 2. The van der Waals surface area contributed by atoms with Gasteiger partial charge in [-0.2, -0.15) is 4.98 Å². The van der Waals surface area contributed by atoms with Crippen molar-refractivity contribution < 1.29 is 33.3 Å². The van der Waals surface area contributed by atoms with Gasteiger partial charge in [0.25, 0.3) is 11.8 Å². The van der Waals surface area contributed by atoms with Gasteiger partial charge in [0.2, 0.25) is 23.7 Å². The predicted octanol–water partition coefficient (Wildman–Crippen LogP) is 5.80. The Labute approximate surface area is 377 Å². The number of aryl methyl sites for hydroxylation is 1. The molecular formula is C46H53ClN9O7P. The van der Waals surface area contributed by atoms with Gasteiger partial charge in [-0.15, -0.1) is 0 Å². The van der Waals surface area contributed by atoms with Crippen molar-refractivity contribution in [2.45, 2.75) is 63.5 Å². The van der Waals surface area contributed by atoms with Crippen LogP contribution in [0.1, 0.15) is 71.2 Å². The second kappa shape index (κ2) is 19.1. The van der Waals surface area contributed by atoms with Gasteiger partial charge in [-0.3, -0.25) is 39.1 Å². The molecule has 0 bridgehead atoms. The first-order chi connectivity index (χ1) is 30.8. The molecule has 336 valence electrons. The van der Waals surface area contributed by atoms with E-state index in [1.165, 1.54) is 6.20 Å². The first-order valence-corrected chi connectivity index (χ1v) is 24.8. The fourth-order valence-corrected chi connectivity index (χ4v) is 10.5. The second-order valence-corrected chi connectivity index (χ2v) is 20.6. The fraction of sp³-hybridized carbons (Fsp3) is 0.413. The SMILES string of the molecule is COc1cc(N2CCC(N3CCN(C(=O)CCCCc4cccc5c4C(=O)N(C4CCC(=O)NC4=O)C5=O)CC3)CC2)ccc1Nc1ncc(Cl)c(Nc2ccccc2P(C)(C)=O)n1. The van der Waals surface area contributed by atoms with Gasteiger partial charge in [-0.05, 0) is 87.7 Å². The lowest BCUT2D eigenvalue weighted by atomic mass is 9.98. The Balaban J connectivity index is 0.783. The molecule has 0 spiro atoms. The van der Waals surface area contributed by atoms with E-state index in [1.807, 2.05) is 47.4 Å². The number of nitrogens with zero attached hydrogens (tertiary/aromatic N) is 6. The van der Waals surface area contributed by atoms with Crippen LogP contribution in [0.2, 0.25) is 5.02 Å². The lowest BCUT2D eigenvalue weighted by molar-refractivity contribution is -0.136. The highest BCUT2D eigenvalue weighted by Crippen LogP contribution is 2.39. The number of aromatic nitrogens is 2. The van der Waals surface area contributed by atoms with E-state index in [4.69, 9.17) is 16.3 Å². The zero-order valence-electron chi connectivity index (χ0n) is 36.3. The summed E-state index contributed by atoms with van der Waals surface area (Å²) in [6.45, 7) is 8.25. The molecule has 1 unspecified atom stereocenters. The third-order valence-corrected chi connectivity index (χ3v) is 14.4. The summed E-state index contributed by atoms with van der Waals surface area (Å²) in [5, 5.41) is 9.76. The lowest BCUT2D eigenvalue weighted by Crippen LogP contribution is -2.54. The van der Waals surface area contributed by atoms with Crippen LogP contribution in [0.3, 0.4) is 0 Å². The van der Waals surface area contributed by atoms with Crippen molar-refractivity contribution in [2.75, 3.05) is 75.2 Å². The molecule has 4 aliphatic rings. The third-order valence-electron chi connectivity index (χ3n) is 12.6. The molecule has 3 N–H and O–H groups in total. The average molecular weight is 910 g/mol. The van der Waals surface area contributed by atoms with Crippen LogP contribution in [0, 0.1) is 0 Å². The summed E-state index contributed by atoms with van der Waals surface area (Å²) in [5.41, 5.74) is 3.74. The van der Waals surface area contributed by atoms with Gasteiger partial charge in [0.1, 0.15) is 24.0 Å². The number of fused-ring (bicyclic) bond motifs is 1. The highest BCUT2D eigenvalue weighted by Gasteiger charge is 2.45. The molecule has 4 aliphatic heterocycles. The van der Waals surface area contributed by atoms with Crippen LogP contribution in [0.4, 0.5) is 28.8 Å². The summed E-state index contributed by atoms with van der Waals surface area (Å²) in [5.74, 6) is -0.585. The molecule has 18 heteroatoms. The summed E-state index contributed by atoms with van der Waals surface area (Å²) in [6.07, 6.45) is 5.95. The quantitative estimate of drug-likeness (QED) is 0.0784. The van der Waals surface area contributed by atoms with Crippen LogP contribution < -0.4 is 30.9 Å². The summed E-state index contributed by atoms with van der Waals surface area (Å²) in [6, 6.07) is 18.0.